The van der Waals surface area contributed by atoms with Gasteiger partial charge in [0.1, 0.15) is 4.90 Å². The van der Waals surface area contributed by atoms with Crippen LogP contribution in [0.25, 0.3) is 10.9 Å². The molecule has 1 fully saturated rings. The molecule has 190 valence electrons. The molecule has 0 spiro atoms. The number of sulfonamides is 1. The standard InChI is InChI=1S/C28H30N6O2S/c1-19-13-15-33(17-19)22-11-9-21(10-12-22)31-27-30-16-23-26(32-27)34(18-28(23,2)3)37(35,36)24-8-4-6-20-7-5-14-29-25(20)24/h4-12,14,16,19H,13,15,17-18H2,1-3H3,(H,30,31,32). The summed E-state index contributed by atoms with van der Waals surface area (Å²) in [6.45, 7) is 8.73. The van der Waals surface area contributed by atoms with Crippen molar-refractivity contribution in [3.8, 4) is 0 Å². The lowest BCUT2D eigenvalue weighted by Gasteiger charge is -2.22. The van der Waals surface area contributed by atoms with E-state index < -0.39 is 15.4 Å². The van der Waals surface area contributed by atoms with E-state index in [1.54, 1.807) is 30.6 Å². The molecule has 9 heteroatoms. The predicted molar refractivity (Wildman–Crippen MR) is 147 cm³/mol. The van der Waals surface area contributed by atoms with Crippen LogP contribution in [0, 0.1) is 5.92 Å². The highest BCUT2D eigenvalue weighted by Gasteiger charge is 2.43. The Morgan fingerprint density at radius 1 is 1.03 bits per heavy atom. The van der Waals surface area contributed by atoms with Gasteiger partial charge in [-0.25, -0.2) is 17.7 Å². The van der Waals surface area contributed by atoms with Crippen molar-refractivity contribution in [3.05, 3.63) is 72.6 Å². The van der Waals surface area contributed by atoms with Gasteiger partial charge in [-0.05, 0) is 48.7 Å². The lowest BCUT2D eigenvalue weighted by molar-refractivity contribution is 0.554. The monoisotopic (exact) mass is 514 g/mol. The number of nitrogens with one attached hydrogen (secondary N) is 1. The summed E-state index contributed by atoms with van der Waals surface area (Å²) in [5.74, 6) is 1.47. The lowest BCUT2D eigenvalue weighted by atomic mass is 9.89. The Morgan fingerprint density at radius 3 is 2.57 bits per heavy atom. The second-order valence-electron chi connectivity index (χ2n) is 10.7. The maximum Gasteiger partial charge on any atom is 0.267 e. The molecular formula is C28H30N6O2S. The Morgan fingerprint density at radius 2 is 1.81 bits per heavy atom. The molecule has 0 bridgehead atoms. The number of nitrogens with zero attached hydrogens (tertiary/aromatic N) is 5. The van der Waals surface area contributed by atoms with Crippen LogP contribution in [0.3, 0.4) is 0 Å². The lowest BCUT2D eigenvalue weighted by Crippen LogP contribution is -2.34. The molecule has 2 aliphatic rings. The smallest absolute Gasteiger partial charge is 0.267 e. The Labute approximate surface area is 217 Å². The minimum absolute atomic E-state index is 0.175. The van der Waals surface area contributed by atoms with E-state index in [0.29, 0.717) is 23.2 Å². The van der Waals surface area contributed by atoms with Crippen molar-refractivity contribution in [3.63, 3.8) is 0 Å². The van der Waals surface area contributed by atoms with Crippen LogP contribution in [-0.4, -0.2) is 43.0 Å². The number of para-hydroxylation sites is 1. The van der Waals surface area contributed by atoms with Gasteiger partial charge in [0.15, 0.2) is 5.82 Å². The van der Waals surface area contributed by atoms with E-state index >= 15 is 0 Å². The molecule has 37 heavy (non-hydrogen) atoms. The molecule has 2 aliphatic heterocycles. The van der Waals surface area contributed by atoms with E-state index in [2.05, 4.69) is 39.2 Å². The number of hydrogen-bond acceptors (Lipinski definition) is 7. The first-order valence-corrected chi connectivity index (χ1v) is 14.0. The zero-order valence-corrected chi connectivity index (χ0v) is 22.0. The Balaban J connectivity index is 1.33. The molecule has 0 radical (unpaired) electrons. The van der Waals surface area contributed by atoms with Gasteiger partial charge in [0.05, 0.1) is 5.52 Å². The zero-order valence-electron chi connectivity index (χ0n) is 21.2. The SMILES string of the molecule is CC1CCN(c2ccc(Nc3ncc4c(n3)N(S(=O)(=O)c3cccc5cccnc35)CC4(C)C)cc2)C1. The number of rotatable bonds is 5. The summed E-state index contributed by atoms with van der Waals surface area (Å²) in [6, 6.07) is 17.1. The predicted octanol–water partition coefficient (Wildman–Crippen LogP) is 5.10. The van der Waals surface area contributed by atoms with Gasteiger partial charge in [0.25, 0.3) is 10.0 Å². The van der Waals surface area contributed by atoms with Gasteiger partial charge in [-0.15, -0.1) is 0 Å². The maximum atomic E-state index is 14.0. The number of fused-ring (bicyclic) bond motifs is 2. The van der Waals surface area contributed by atoms with Crippen LogP contribution in [0.5, 0.6) is 0 Å². The van der Waals surface area contributed by atoms with Gasteiger partial charge in [0, 0.05) is 59.8 Å². The van der Waals surface area contributed by atoms with Crippen LogP contribution >= 0.6 is 0 Å². The molecule has 2 aromatic carbocycles. The summed E-state index contributed by atoms with van der Waals surface area (Å²) in [5, 5.41) is 4.03. The first-order valence-electron chi connectivity index (χ1n) is 12.6. The number of anilines is 4. The second kappa shape index (κ2) is 8.69. The van der Waals surface area contributed by atoms with E-state index in [1.165, 1.54) is 16.4 Å². The van der Waals surface area contributed by atoms with E-state index in [-0.39, 0.29) is 11.4 Å². The third-order valence-corrected chi connectivity index (χ3v) is 9.12. The van der Waals surface area contributed by atoms with Crippen LogP contribution < -0.4 is 14.5 Å². The van der Waals surface area contributed by atoms with Crippen LogP contribution in [0.4, 0.5) is 23.1 Å². The molecule has 1 saturated heterocycles. The van der Waals surface area contributed by atoms with Gasteiger partial charge in [-0.3, -0.25) is 4.98 Å². The van der Waals surface area contributed by atoms with Crippen molar-refractivity contribution >= 4 is 44.1 Å². The van der Waals surface area contributed by atoms with E-state index in [4.69, 9.17) is 4.98 Å². The summed E-state index contributed by atoms with van der Waals surface area (Å²) < 4.78 is 29.3. The van der Waals surface area contributed by atoms with Crippen molar-refractivity contribution < 1.29 is 8.42 Å². The van der Waals surface area contributed by atoms with Crippen LogP contribution in [0.1, 0.15) is 32.8 Å². The number of pyridine rings is 1. The number of benzene rings is 2. The minimum Gasteiger partial charge on any atom is -0.371 e. The second-order valence-corrected chi connectivity index (χ2v) is 12.5. The first kappa shape index (κ1) is 23.7. The zero-order chi connectivity index (χ0) is 25.8. The number of aromatic nitrogens is 3. The summed E-state index contributed by atoms with van der Waals surface area (Å²) in [7, 11) is -3.91. The molecule has 4 aromatic rings. The van der Waals surface area contributed by atoms with Crippen molar-refractivity contribution in [1.82, 2.24) is 15.0 Å². The average molecular weight is 515 g/mol. The quantitative estimate of drug-likeness (QED) is 0.396. The van der Waals surface area contributed by atoms with Gasteiger partial charge in [0.2, 0.25) is 5.95 Å². The first-order chi connectivity index (χ1) is 17.7. The van der Waals surface area contributed by atoms with E-state index in [0.717, 1.165) is 29.7 Å². The Bertz CT molecular complexity index is 1580. The summed E-state index contributed by atoms with van der Waals surface area (Å²) in [5.41, 5.74) is 2.87. The van der Waals surface area contributed by atoms with Gasteiger partial charge in [-0.1, -0.05) is 39.0 Å². The third kappa shape index (κ3) is 4.17. The highest BCUT2D eigenvalue weighted by atomic mass is 32.2. The normalized spacial score (nSPS) is 18.8. The largest absolute Gasteiger partial charge is 0.371 e. The molecule has 8 nitrogen and oxygen atoms in total. The fraction of sp³-hybridized carbons (Fsp3) is 0.321. The van der Waals surface area contributed by atoms with Crippen molar-refractivity contribution in [2.24, 2.45) is 5.92 Å². The van der Waals surface area contributed by atoms with Crippen molar-refractivity contribution in [2.75, 3.05) is 34.2 Å². The van der Waals surface area contributed by atoms with Crippen LogP contribution in [0.2, 0.25) is 0 Å². The van der Waals surface area contributed by atoms with Crippen molar-refractivity contribution in [1.29, 1.82) is 0 Å². The topological polar surface area (TPSA) is 91.3 Å². The molecule has 1 unspecified atom stereocenters. The fourth-order valence-electron chi connectivity index (χ4n) is 5.28. The summed E-state index contributed by atoms with van der Waals surface area (Å²) in [6.07, 6.45) is 4.57. The highest BCUT2D eigenvalue weighted by Crippen LogP contribution is 2.42. The fourth-order valence-corrected chi connectivity index (χ4v) is 7.04. The highest BCUT2D eigenvalue weighted by molar-refractivity contribution is 7.93. The molecule has 6 rings (SSSR count). The molecular weight excluding hydrogens is 484 g/mol. The molecule has 0 aliphatic carbocycles. The number of hydrogen-bond donors (Lipinski definition) is 1. The summed E-state index contributed by atoms with van der Waals surface area (Å²) in [4.78, 5) is 16.2. The van der Waals surface area contributed by atoms with Gasteiger partial charge in [-0.2, -0.15) is 4.98 Å². The average Bonchev–Trinajstić information content (AvgIpc) is 3.44. The van der Waals surface area contributed by atoms with Gasteiger partial charge >= 0.3 is 0 Å². The molecule has 0 saturated carbocycles. The Hall–Kier alpha value is -3.72. The molecule has 0 amide bonds. The molecule has 2 aromatic heterocycles. The van der Waals surface area contributed by atoms with Crippen LogP contribution in [0.15, 0.2) is 71.9 Å². The molecule has 4 heterocycles. The Kier molecular flexibility index (Phi) is 5.56. The molecule has 1 N–H and O–H groups in total. The van der Waals surface area contributed by atoms with E-state index in [9.17, 15) is 8.42 Å². The maximum absolute atomic E-state index is 14.0. The van der Waals surface area contributed by atoms with Crippen molar-refractivity contribution in [2.45, 2.75) is 37.5 Å². The minimum atomic E-state index is -3.91. The van der Waals surface area contributed by atoms with Gasteiger partial charge < -0.3 is 10.2 Å². The third-order valence-electron chi connectivity index (χ3n) is 7.35. The van der Waals surface area contributed by atoms with E-state index in [1.807, 2.05) is 38.1 Å². The molecule has 1 atom stereocenters. The summed E-state index contributed by atoms with van der Waals surface area (Å²) >= 11 is 0. The van der Waals surface area contributed by atoms with Crippen LogP contribution in [-0.2, 0) is 15.4 Å².